The van der Waals surface area contributed by atoms with E-state index < -0.39 is 0 Å². The van der Waals surface area contributed by atoms with Gasteiger partial charge in [-0.05, 0) is 30.2 Å². The van der Waals surface area contributed by atoms with Crippen LogP contribution in [0.4, 0.5) is 0 Å². The fraction of sp³-hybridized carbons (Fsp3) is 0.435. The number of likely N-dealkylation sites (tertiary alicyclic amines) is 1. The monoisotopic (exact) mass is 397 g/mol. The van der Waals surface area contributed by atoms with E-state index in [1.807, 2.05) is 48.2 Å². The van der Waals surface area contributed by atoms with Gasteiger partial charge in [0.25, 0.3) is 0 Å². The number of carbonyl (C=O) groups is 1. The quantitative estimate of drug-likeness (QED) is 0.741. The van der Waals surface area contributed by atoms with Crippen LogP contribution in [0, 0.1) is 0 Å². The summed E-state index contributed by atoms with van der Waals surface area (Å²) in [4.78, 5) is 17.0. The minimum atomic E-state index is 0.0473. The molecule has 2 aromatic carbocycles. The first-order valence-corrected chi connectivity index (χ1v) is 10.1. The molecule has 29 heavy (non-hydrogen) atoms. The second kappa shape index (κ2) is 9.76. The summed E-state index contributed by atoms with van der Waals surface area (Å²) in [5, 5.41) is 0. The maximum atomic E-state index is 12.9. The van der Waals surface area contributed by atoms with E-state index in [1.165, 1.54) is 5.56 Å². The summed E-state index contributed by atoms with van der Waals surface area (Å²) in [5.41, 5.74) is 8.63. The highest BCUT2D eigenvalue weighted by Gasteiger charge is 2.32. The third kappa shape index (κ3) is 5.08. The van der Waals surface area contributed by atoms with E-state index in [0.717, 1.165) is 18.7 Å². The number of benzene rings is 2. The number of methoxy groups -OCH3 is 2. The molecule has 0 bridgehead atoms. The highest BCUT2D eigenvalue weighted by atomic mass is 16.5. The third-order valence-corrected chi connectivity index (χ3v) is 5.58. The van der Waals surface area contributed by atoms with Gasteiger partial charge in [-0.1, -0.05) is 36.4 Å². The first kappa shape index (κ1) is 21.1. The number of hydrogen-bond acceptors (Lipinski definition) is 5. The lowest BCUT2D eigenvalue weighted by atomic mass is 9.95. The van der Waals surface area contributed by atoms with E-state index in [0.29, 0.717) is 31.1 Å². The van der Waals surface area contributed by atoms with Crippen LogP contribution in [-0.4, -0.2) is 62.1 Å². The van der Waals surface area contributed by atoms with Crippen LogP contribution >= 0.6 is 0 Å². The minimum Gasteiger partial charge on any atom is -0.493 e. The van der Waals surface area contributed by atoms with Crippen molar-refractivity contribution in [2.75, 3.05) is 40.4 Å². The summed E-state index contributed by atoms with van der Waals surface area (Å²) in [5.74, 6) is 1.74. The molecule has 1 aliphatic rings. The van der Waals surface area contributed by atoms with Gasteiger partial charge in [-0.3, -0.25) is 9.69 Å². The van der Waals surface area contributed by atoms with Crippen LogP contribution < -0.4 is 15.2 Å². The van der Waals surface area contributed by atoms with Gasteiger partial charge in [0.15, 0.2) is 11.5 Å². The van der Waals surface area contributed by atoms with Gasteiger partial charge in [-0.25, -0.2) is 0 Å². The number of nitrogens with two attached hydrogens (primary N) is 1. The summed E-state index contributed by atoms with van der Waals surface area (Å²) < 4.78 is 10.7. The largest absolute Gasteiger partial charge is 0.493 e. The zero-order valence-corrected chi connectivity index (χ0v) is 17.5. The van der Waals surface area contributed by atoms with Gasteiger partial charge in [0.2, 0.25) is 5.91 Å². The third-order valence-electron chi connectivity index (χ3n) is 5.58. The highest BCUT2D eigenvalue weighted by molar-refractivity contribution is 5.78. The van der Waals surface area contributed by atoms with Crippen molar-refractivity contribution >= 4 is 5.91 Å². The maximum absolute atomic E-state index is 12.9. The van der Waals surface area contributed by atoms with Crippen molar-refractivity contribution in [2.45, 2.75) is 25.4 Å². The van der Waals surface area contributed by atoms with Gasteiger partial charge in [0, 0.05) is 38.1 Å². The first-order valence-electron chi connectivity index (χ1n) is 10.1. The van der Waals surface area contributed by atoms with Gasteiger partial charge >= 0.3 is 0 Å². The zero-order chi connectivity index (χ0) is 20.8. The highest BCUT2D eigenvalue weighted by Crippen LogP contribution is 2.28. The Morgan fingerprint density at radius 3 is 2.48 bits per heavy atom. The summed E-state index contributed by atoms with van der Waals surface area (Å²) in [6.07, 6.45) is 0. The van der Waals surface area contributed by atoms with Crippen LogP contribution in [-0.2, 0) is 11.3 Å². The Morgan fingerprint density at radius 1 is 1.10 bits per heavy atom. The van der Waals surface area contributed by atoms with Gasteiger partial charge in [-0.15, -0.1) is 0 Å². The lowest BCUT2D eigenvalue weighted by molar-refractivity contribution is -0.132. The number of rotatable bonds is 8. The smallest absolute Gasteiger partial charge is 0.237 e. The Hall–Kier alpha value is -2.57. The molecule has 0 aliphatic carbocycles. The van der Waals surface area contributed by atoms with Crippen LogP contribution in [0.15, 0.2) is 48.5 Å². The predicted octanol–water partition coefficient (Wildman–Crippen LogP) is 2.48. The van der Waals surface area contributed by atoms with Crippen molar-refractivity contribution in [1.82, 2.24) is 9.80 Å². The van der Waals surface area contributed by atoms with Gasteiger partial charge in [0.05, 0.1) is 20.8 Å². The van der Waals surface area contributed by atoms with Crippen molar-refractivity contribution in [1.29, 1.82) is 0 Å². The second-order valence-electron chi connectivity index (χ2n) is 7.47. The Morgan fingerprint density at radius 2 is 1.83 bits per heavy atom. The molecule has 0 radical (unpaired) electrons. The molecule has 1 heterocycles. The molecule has 0 unspecified atom stereocenters. The van der Waals surface area contributed by atoms with E-state index in [4.69, 9.17) is 15.2 Å². The normalized spacial score (nSPS) is 19.2. The Kier molecular flexibility index (Phi) is 7.12. The van der Waals surface area contributed by atoms with Gasteiger partial charge < -0.3 is 20.1 Å². The fourth-order valence-electron chi connectivity index (χ4n) is 3.96. The van der Waals surface area contributed by atoms with E-state index in [1.54, 1.807) is 14.2 Å². The minimum absolute atomic E-state index is 0.0473. The standard InChI is InChI=1S/C23H31N3O3/c1-4-26(13-17-10-11-21(28-2)22(12-17)29-3)23(27)16-25-14-19(20(24)15-25)18-8-6-5-7-9-18/h5-12,19-20H,4,13-16,24H2,1-3H3/t19-,20+/m0/s1. The molecular weight excluding hydrogens is 366 g/mol. The molecule has 1 amide bonds. The van der Waals surface area contributed by atoms with E-state index in [9.17, 15) is 4.79 Å². The molecule has 0 spiro atoms. The molecule has 2 atom stereocenters. The van der Waals surface area contributed by atoms with Crippen LogP contribution in [0.1, 0.15) is 24.0 Å². The van der Waals surface area contributed by atoms with Crippen molar-refractivity contribution in [3.63, 3.8) is 0 Å². The SMILES string of the molecule is CCN(Cc1ccc(OC)c(OC)c1)C(=O)CN1C[C@@H](N)[C@H](c2ccccc2)C1. The number of hydrogen-bond donors (Lipinski definition) is 1. The fourth-order valence-corrected chi connectivity index (χ4v) is 3.96. The predicted molar refractivity (Wildman–Crippen MR) is 114 cm³/mol. The van der Waals surface area contributed by atoms with Crippen molar-refractivity contribution in [3.8, 4) is 11.5 Å². The van der Waals surface area contributed by atoms with Crippen molar-refractivity contribution < 1.29 is 14.3 Å². The molecule has 6 heteroatoms. The number of carbonyl (C=O) groups excluding carboxylic acids is 1. The van der Waals surface area contributed by atoms with Crippen LogP contribution in [0.3, 0.4) is 0 Å². The number of ether oxygens (including phenoxy) is 2. The number of amides is 1. The van der Waals surface area contributed by atoms with E-state index >= 15 is 0 Å². The average Bonchev–Trinajstić information content (AvgIpc) is 3.12. The summed E-state index contributed by atoms with van der Waals surface area (Å²) in [6.45, 7) is 5.12. The van der Waals surface area contributed by atoms with Crippen LogP contribution in [0.2, 0.25) is 0 Å². The van der Waals surface area contributed by atoms with Crippen LogP contribution in [0.5, 0.6) is 11.5 Å². The van der Waals surface area contributed by atoms with E-state index in [-0.39, 0.29) is 17.9 Å². The van der Waals surface area contributed by atoms with Gasteiger partial charge in [0.1, 0.15) is 0 Å². The van der Waals surface area contributed by atoms with E-state index in [2.05, 4.69) is 17.0 Å². The molecule has 0 aromatic heterocycles. The summed E-state index contributed by atoms with van der Waals surface area (Å²) in [7, 11) is 3.23. The molecule has 2 aromatic rings. The van der Waals surface area contributed by atoms with Crippen LogP contribution in [0.25, 0.3) is 0 Å². The molecule has 0 saturated carbocycles. The van der Waals surface area contributed by atoms with Gasteiger partial charge in [-0.2, -0.15) is 0 Å². The summed E-state index contributed by atoms with van der Waals surface area (Å²) >= 11 is 0. The Labute approximate surface area is 173 Å². The topological polar surface area (TPSA) is 68.0 Å². The second-order valence-corrected chi connectivity index (χ2v) is 7.47. The molecule has 2 N–H and O–H groups in total. The Balaban J connectivity index is 1.62. The van der Waals surface area contributed by atoms with Crippen molar-refractivity contribution in [2.24, 2.45) is 5.73 Å². The molecule has 1 aliphatic heterocycles. The lowest BCUT2D eigenvalue weighted by Crippen LogP contribution is -2.40. The first-order chi connectivity index (χ1) is 14.0. The molecule has 3 rings (SSSR count). The molecule has 1 fully saturated rings. The maximum Gasteiger partial charge on any atom is 0.237 e. The van der Waals surface area contributed by atoms with Crippen molar-refractivity contribution in [3.05, 3.63) is 59.7 Å². The zero-order valence-electron chi connectivity index (χ0n) is 17.5. The summed E-state index contributed by atoms with van der Waals surface area (Å²) in [6, 6.07) is 16.1. The molecular formula is C23H31N3O3. The lowest BCUT2D eigenvalue weighted by Gasteiger charge is -2.24. The molecule has 6 nitrogen and oxygen atoms in total. The molecule has 156 valence electrons. The number of likely N-dealkylation sites (N-methyl/N-ethyl adjacent to an activating group) is 1. The molecule has 1 saturated heterocycles. The Bertz CT molecular complexity index is 812. The number of nitrogens with zero attached hydrogens (tertiary/aromatic N) is 2. The average molecular weight is 398 g/mol.